The van der Waals surface area contributed by atoms with Crippen molar-refractivity contribution in [2.75, 3.05) is 0 Å². The van der Waals surface area contributed by atoms with E-state index in [0.29, 0.717) is 0 Å². The van der Waals surface area contributed by atoms with E-state index in [9.17, 15) is 8.42 Å². The summed E-state index contributed by atoms with van der Waals surface area (Å²) >= 11 is 0. The Labute approximate surface area is 136 Å². The summed E-state index contributed by atoms with van der Waals surface area (Å²) in [5, 5.41) is 2.06. The van der Waals surface area contributed by atoms with E-state index in [-0.39, 0.29) is 4.90 Å². The van der Waals surface area contributed by atoms with Gasteiger partial charge in [0.1, 0.15) is 6.10 Å². The van der Waals surface area contributed by atoms with Crippen LogP contribution in [0.5, 0.6) is 0 Å². The van der Waals surface area contributed by atoms with Crippen LogP contribution < -0.4 is 0 Å². The molecule has 0 saturated heterocycles. The SMILES string of the molecule is Cc1ccc(S(=O)(=O)OC(C)c2cccc3ccccc23)cc1. The Balaban J connectivity index is 1.94. The third kappa shape index (κ3) is 3.28. The first-order valence-corrected chi connectivity index (χ1v) is 8.86. The fraction of sp³-hybridized carbons (Fsp3) is 0.158. The number of hydrogen-bond acceptors (Lipinski definition) is 3. The minimum Gasteiger partial charge on any atom is -0.258 e. The average molecular weight is 326 g/mol. The molecule has 1 atom stereocenters. The molecule has 4 heteroatoms. The molecule has 3 nitrogen and oxygen atoms in total. The summed E-state index contributed by atoms with van der Waals surface area (Å²) in [6, 6.07) is 20.4. The molecule has 1 unspecified atom stereocenters. The highest BCUT2D eigenvalue weighted by Crippen LogP contribution is 2.29. The summed E-state index contributed by atoms with van der Waals surface area (Å²) in [6.45, 7) is 3.67. The van der Waals surface area contributed by atoms with Crippen molar-refractivity contribution in [3.8, 4) is 0 Å². The molecule has 0 fully saturated rings. The number of benzene rings is 3. The zero-order chi connectivity index (χ0) is 16.4. The van der Waals surface area contributed by atoms with E-state index in [1.807, 2.05) is 49.4 Å². The first-order valence-electron chi connectivity index (χ1n) is 7.45. The van der Waals surface area contributed by atoms with Gasteiger partial charge in [0.2, 0.25) is 0 Å². The Bertz CT molecular complexity index is 923. The van der Waals surface area contributed by atoms with Gasteiger partial charge in [-0.2, -0.15) is 8.42 Å². The Kier molecular flexibility index (Phi) is 4.20. The first kappa shape index (κ1) is 15.7. The fourth-order valence-corrected chi connectivity index (χ4v) is 3.67. The molecule has 3 rings (SSSR count). The van der Waals surface area contributed by atoms with Crippen LogP contribution in [0.4, 0.5) is 0 Å². The first-order chi connectivity index (χ1) is 11.0. The Hall–Kier alpha value is -2.17. The van der Waals surface area contributed by atoms with Gasteiger partial charge in [-0.1, -0.05) is 60.2 Å². The van der Waals surface area contributed by atoms with Gasteiger partial charge in [-0.3, -0.25) is 4.18 Å². The molecule has 0 heterocycles. The zero-order valence-electron chi connectivity index (χ0n) is 13.1. The van der Waals surface area contributed by atoms with Crippen molar-refractivity contribution in [3.63, 3.8) is 0 Å². The molecule has 3 aromatic carbocycles. The largest absolute Gasteiger partial charge is 0.297 e. The predicted molar refractivity (Wildman–Crippen MR) is 91.8 cm³/mol. The highest BCUT2D eigenvalue weighted by Gasteiger charge is 2.21. The monoisotopic (exact) mass is 326 g/mol. The van der Waals surface area contributed by atoms with Crippen LogP contribution >= 0.6 is 0 Å². The molecule has 118 valence electrons. The van der Waals surface area contributed by atoms with E-state index in [4.69, 9.17) is 4.18 Å². The maximum atomic E-state index is 12.4. The van der Waals surface area contributed by atoms with Crippen molar-refractivity contribution in [2.45, 2.75) is 24.8 Å². The fourth-order valence-electron chi connectivity index (χ4n) is 2.61. The summed E-state index contributed by atoms with van der Waals surface area (Å²) in [5.41, 5.74) is 1.87. The van der Waals surface area contributed by atoms with E-state index in [2.05, 4.69) is 0 Å². The quantitative estimate of drug-likeness (QED) is 0.657. The van der Waals surface area contributed by atoms with Crippen LogP contribution in [0.2, 0.25) is 0 Å². The van der Waals surface area contributed by atoms with Crippen LogP contribution in [0, 0.1) is 6.92 Å². The second-order valence-corrected chi connectivity index (χ2v) is 7.15. The number of aryl methyl sites for hydroxylation is 1. The lowest BCUT2D eigenvalue weighted by Crippen LogP contribution is -2.10. The highest BCUT2D eigenvalue weighted by molar-refractivity contribution is 7.86. The number of rotatable bonds is 4. The van der Waals surface area contributed by atoms with Gasteiger partial charge in [0, 0.05) is 0 Å². The molecule has 23 heavy (non-hydrogen) atoms. The minimum absolute atomic E-state index is 0.176. The Morgan fingerprint density at radius 3 is 2.26 bits per heavy atom. The third-order valence-electron chi connectivity index (χ3n) is 3.84. The molecule has 0 bridgehead atoms. The molecular weight excluding hydrogens is 308 g/mol. The summed E-state index contributed by atoms with van der Waals surface area (Å²) < 4.78 is 30.3. The molecular formula is C19H18O3S. The maximum Gasteiger partial charge on any atom is 0.297 e. The Morgan fingerprint density at radius 2 is 1.52 bits per heavy atom. The molecule has 0 aromatic heterocycles. The van der Waals surface area contributed by atoms with Crippen LogP contribution in [-0.2, 0) is 14.3 Å². The molecule has 0 aliphatic heterocycles. The zero-order valence-corrected chi connectivity index (χ0v) is 13.9. The predicted octanol–water partition coefficient (Wildman–Crippen LogP) is 4.61. The van der Waals surface area contributed by atoms with Gasteiger partial charge in [0.25, 0.3) is 10.1 Å². The molecule has 0 N–H and O–H groups in total. The van der Waals surface area contributed by atoms with Gasteiger partial charge in [-0.15, -0.1) is 0 Å². The lowest BCUT2D eigenvalue weighted by atomic mass is 10.0. The second kappa shape index (κ2) is 6.14. The van der Waals surface area contributed by atoms with Crippen LogP contribution in [0.3, 0.4) is 0 Å². The normalized spacial score (nSPS) is 13.1. The van der Waals surface area contributed by atoms with Crippen LogP contribution in [0.25, 0.3) is 10.8 Å². The molecule has 0 saturated carbocycles. The van der Waals surface area contributed by atoms with Crippen molar-refractivity contribution in [1.29, 1.82) is 0 Å². The smallest absolute Gasteiger partial charge is 0.258 e. The van der Waals surface area contributed by atoms with Gasteiger partial charge in [0.15, 0.2) is 0 Å². The maximum absolute atomic E-state index is 12.4. The lowest BCUT2D eigenvalue weighted by molar-refractivity contribution is 0.235. The average Bonchev–Trinajstić information content (AvgIpc) is 2.54. The van der Waals surface area contributed by atoms with E-state index in [1.54, 1.807) is 31.2 Å². The van der Waals surface area contributed by atoms with E-state index < -0.39 is 16.2 Å². The second-order valence-electron chi connectivity index (χ2n) is 5.57. The van der Waals surface area contributed by atoms with Crippen LogP contribution in [-0.4, -0.2) is 8.42 Å². The number of fused-ring (bicyclic) bond motifs is 1. The third-order valence-corrected chi connectivity index (χ3v) is 5.23. The molecule has 0 aliphatic carbocycles. The van der Waals surface area contributed by atoms with Gasteiger partial charge in [0.05, 0.1) is 4.90 Å². The molecule has 3 aromatic rings. The molecule has 0 radical (unpaired) electrons. The van der Waals surface area contributed by atoms with Gasteiger partial charge >= 0.3 is 0 Å². The van der Waals surface area contributed by atoms with Crippen molar-refractivity contribution < 1.29 is 12.6 Å². The molecule has 0 spiro atoms. The van der Waals surface area contributed by atoms with Crippen molar-refractivity contribution >= 4 is 20.9 Å². The van der Waals surface area contributed by atoms with Gasteiger partial charge in [-0.05, 0) is 42.3 Å². The summed E-state index contributed by atoms with van der Waals surface area (Å²) in [7, 11) is -3.79. The van der Waals surface area contributed by atoms with E-state index in [0.717, 1.165) is 21.9 Å². The lowest BCUT2D eigenvalue weighted by Gasteiger charge is -2.15. The van der Waals surface area contributed by atoms with E-state index in [1.165, 1.54) is 0 Å². The van der Waals surface area contributed by atoms with Gasteiger partial charge in [-0.25, -0.2) is 0 Å². The topological polar surface area (TPSA) is 43.4 Å². The van der Waals surface area contributed by atoms with Crippen molar-refractivity contribution in [3.05, 3.63) is 77.9 Å². The van der Waals surface area contributed by atoms with E-state index >= 15 is 0 Å². The van der Waals surface area contributed by atoms with Crippen LogP contribution in [0.1, 0.15) is 24.2 Å². The van der Waals surface area contributed by atoms with Crippen LogP contribution in [0.15, 0.2) is 71.6 Å². The number of hydrogen-bond donors (Lipinski definition) is 0. The van der Waals surface area contributed by atoms with Crippen molar-refractivity contribution in [1.82, 2.24) is 0 Å². The summed E-state index contributed by atoms with van der Waals surface area (Å²) in [6.07, 6.45) is -0.563. The summed E-state index contributed by atoms with van der Waals surface area (Å²) in [5.74, 6) is 0. The summed E-state index contributed by atoms with van der Waals surface area (Å²) in [4.78, 5) is 0.176. The highest BCUT2D eigenvalue weighted by atomic mass is 32.2. The van der Waals surface area contributed by atoms with Gasteiger partial charge < -0.3 is 0 Å². The molecule has 0 amide bonds. The standard InChI is InChI=1S/C19H18O3S/c1-14-10-12-17(13-11-14)23(20,21)22-15(2)18-9-5-7-16-6-3-4-8-19(16)18/h3-13,15H,1-2H3. The Morgan fingerprint density at radius 1 is 0.870 bits per heavy atom. The van der Waals surface area contributed by atoms with Crippen molar-refractivity contribution in [2.24, 2.45) is 0 Å². The molecule has 0 aliphatic rings. The minimum atomic E-state index is -3.79.